The number of nitrogens with zero attached hydrogens (tertiary/aromatic N) is 3. The molecule has 1 N–H and O–H groups in total. The summed E-state index contributed by atoms with van der Waals surface area (Å²) in [6.07, 6.45) is 3.79. The molecule has 8 heteroatoms. The molecule has 142 valence electrons. The highest BCUT2D eigenvalue weighted by Gasteiger charge is 2.15. The van der Waals surface area contributed by atoms with Gasteiger partial charge in [0.2, 0.25) is 0 Å². The Bertz CT molecular complexity index is 1110. The van der Waals surface area contributed by atoms with Gasteiger partial charge in [0.05, 0.1) is 22.6 Å². The molecular formula is C20H17ClN4O3. The summed E-state index contributed by atoms with van der Waals surface area (Å²) in [6, 6.07) is 10.7. The van der Waals surface area contributed by atoms with E-state index in [-0.39, 0.29) is 11.7 Å². The number of anilines is 1. The number of rotatable bonds is 5. The van der Waals surface area contributed by atoms with E-state index in [4.69, 9.17) is 20.5 Å². The summed E-state index contributed by atoms with van der Waals surface area (Å²) in [5, 5.41) is 11.4. The van der Waals surface area contributed by atoms with Crippen LogP contribution in [0.5, 0.6) is 0 Å². The lowest BCUT2D eigenvalue weighted by Crippen LogP contribution is -2.10. The fourth-order valence-corrected chi connectivity index (χ4v) is 2.99. The number of hydrogen-bond acceptors (Lipinski definition) is 5. The average molecular weight is 397 g/mol. The number of halogens is 1. The minimum Gasteiger partial charge on any atom is -0.456 e. The predicted molar refractivity (Wildman–Crippen MR) is 104 cm³/mol. The molecule has 0 bridgehead atoms. The lowest BCUT2D eigenvalue weighted by atomic mass is 10.1. The quantitative estimate of drug-likeness (QED) is 0.534. The molecule has 7 nitrogen and oxygen atoms in total. The molecule has 1 aromatic carbocycles. The molecular weight excluding hydrogens is 380 g/mol. The largest absolute Gasteiger partial charge is 0.456 e. The topological polar surface area (TPSA) is 86.1 Å². The van der Waals surface area contributed by atoms with Crippen LogP contribution in [0.2, 0.25) is 5.02 Å². The van der Waals surface area contributed by atoms with Gasteiger partial charge in [0, 0.05) is 23.9 Å². The first kappa shape index (κ1) is 18.1. The number of aryl methyl sites for hydroxylation is 2. The minimum atomic E-state index is -0.320. The number of furan rings is 1. The van der Waals surface area contributed by atoms with Crippen molar-refractivity contribution >= 4 is 23.2 Å². The molecule has 0 spiro atoms. The highest BCUT2D eigenvalue weighted by atomic mass is 35.5. The molecule has 0 saturated carbocycles. The second kappa shape index (κ2) is 7.36. The first-order valence-corrected chi connectivity index (χ1v) is 9.00. The van der Waals surface area contributed by atoms with Crippen LogP contribution in [0.4, 0.5) is 5.69 Å². The van der Waals surface area contributed by atoms with Crippen molar-refractivity contribution in [3.63, 3.8) is 0 Å². The van der Waals surface area contributed by atoms with E-state index in [2.05, 4.69) is 15.6 Å². The molecule has 0 aliphatic heterocycles. The molecule has 4 rings (SSSR count). The van der Waals surface area contributed by atoms with Gasteiger partial charge >= 0.3 is 0 Å². The van der Waals surface area contributed by atoms with Crippen molar-refractivity contribution in [3.8, 4) is 5.69 Å². The van der Waals surface area contributed by atoms with E-state index in [0.29, 0.717) is 22.9 Å². The van der Waals surface area contributed by atoms with E-state index in [1.807, 2.05) is 26.0 Å². The number of carbonyl (C=O) groups excluding carboxylic acids is 1. The summed E-state index contributed by atoms with van der Waals surface area (Å²) in [6.45, 7) is 3.73. The third-order valence-corrected chi connectivity index (χ3v) is 4.55. The molecule has 0 atom stereocenters. The molecule has 0 radical (unpaired) electrons. The van der Waals surface area contributed by atoms with E-state index in [1.165, 1.54) is 0 Å². The van der Waals surface area contributed by atoms with Gasteiger partial charge in [-0.25, -0.2) is 4.68 Å². The molecule has 0 saturated heterocycles. The van der Waals surface area contributed by atoms with E-state index < -0.39 is 0 Å². The summed E-state index contributed by atoms with van der Waals surface area (Å²) >= 11 is 5.88. The van der Waals surface area contributed by atoms with Gasteiger partial charge in [-0.05, 0) is 50.2 Å². The minimum absolute atomic E-state index is 0.240. The molecule has 3 heterocycles. The summed E-state index contributed by atoms with van der Waals surface area (Å²) in [7, 11) is 0. The average Bonchev–Trinajstić information content (AvgIpc) is 3.40. The van der Waals surface area contributed by atoms with Crippen LogP contribution in [0.3, 0.4) is 0 Å². The molecule has 0 unspecified atom stereocenters. The third-order valence-electron chi connectivity index (χ3n) is 4.36. The van der Waals surface area contributed by atoms with E-state index in [1.54, 1.807) is 41.3 Å². The summed E-state index contributed by atoms with van der Waals surface area (Å²) < 4.78 is 12.5. The molecule has 0 aliphatic rings. The second-order valence-corrected chi connectivity index (χ2v) is 6.79. The van der Waals surface area contributed by atoms with Gasteiger partial charge in [0.1, 0.15) is 11.5 Å². The zero-order chi connectivity index (χ0) is 19.7. The van der Waals surface area contributed by atoms with Crippen molar-refractivity contribution < 1.29 is 13.7 Å². The smallest absolute Gasteiger partial charge is 0.291 e. The number of carbonyl (C=O) groups is 1. The van der Waals surface area contributed by atoms with Crippen molar-refractivity contribution in [2.45, 2.75) is 20.3 Å². The van der Waals surface area contributed by atoms with Crippen molar-refractivity contribution in [2.24, 2.45) is 0 Å². The number of aromatic nitrogens is 3. The van der Waals surface area contributed by atoms with Gasteiger partial charge in [-0.2, -0.15) is 5.10 Å². The third kappa shape index (κ3) is 3.70. The Balaban J connectivity index is 1.43. The molecule has 4 aromatic rings. The lowest BCUT2D eigenvalue weighted by Gasteiger charge is -2.05. The Hall–Kier alpha value is -3.32. The van der Waals surface area contributed by atoms with Gasteiger partial charge < -0.3 is 14.3 Å². The Morgan fingerprint density at radius 3 is 2.61 bits per heavy atom. The summed E-state index contributed by atoms with van der Waals surface area (Å²) in [5.74, 6) is 1.34. The zero-order valence-corrected chi connectivity index (χ0v) is 16.0. The van der Waals surface area contributed by atoms with Crippen molar-refractivity contribution in [1.29, 1.82) is 0 Å². The van der Waals surface area contributed by atoms with Gasteiger partial charge in [0.25, 0.3) is 5.91 Å². The highest BCUT2D eigenvalue weighted by Crippen LogP contribution is 2.20. The van der Waals surface area contributed by atoms with Crippen LogP contribution in [0.15, 0.2) is 57.7 Å². The van der Waals surface area contributed by atoms with Crippen molar-refractivity contribution in [2.75, 3.05) is 5.32 Å². The van der Waals surface area contributed by atoms with Crippen LogP contribution < -0.4 is 5.32 Å². The lowest BCUT2D eigenvalue weighted by molar-refractivity contribution is 0.0995. The van der Waals surface area contributed by atoms with Crippen LogP contribution in [-0.2, 0) is 6.42 Å². The number of amides is 1. The van der Waals surface area contributed by atoms with E-state index in [9.17, 15) is 4.79 Å². The maximum Gasteiger partial charge on any atom is 0.291 e. The van der Waals surface area contributed by atoms with Crippen LogP contribution >= 0.6 is 11.6 Å². The summed E-state index contributed by atoms with van der Waals surface area (Å²) in [5.41, 5.74) is 3.27. The Labute approximate surface area is 165 Å². The zero-order valence-electron chi connectivity index (χ0n) is 15.3. The number of nitrogens with one attached hydrogen (secondary N) is 1. The van der Waals surface area contributed by atoms with Gasteiger partial charge in [-0.3, -0.25) is 4.79 Å². The highest BCUT2D eigenvalue weighted by molar-refractivity contribution is 6.30. The van der Waals surface area contributed by atoms with Crippen molar-refractivity contribution in [1.82, 2.24) is 14.9 Å². The number of benzene rings is 1. The SMILES string of the molecule is Cc1noc(C)c1Cc1ccc(C(=O)Nc2ccc(-n3cc(Cl)cn3)cc2)o1. The van der Waals surface area contributed by atoms with E-state index in [0.717, 1.165) is 22.7 Å². The molecule has 3 aromatic heterocycles. The fraction of sp³-hybridized carbons (Fsp3) is 0.150. The Morgan fingerprint density at radius 1 is 1.18 bits per heavy atom. The first-order chi connectivity index (χ1) is 13.5. The molecule has 0 fully saturated rings. The van der Waals surface area contributed by atoms with Gasteiger partial charge in [-0.15, -0.1) is 0 Å². The van der Waals surface area contributed by atoms with E-state index >= 15 is 0 Å². The van der Waals surface area contributed by atoms with Crippen LogP contribution in [0.25, 0.3) is 5.69 Å². The van der Waals surface area contributed by atoms with Crippen molar-refractivity contribution in [3.05, 3.63) is 82.4 Å². The molecule has 0 aliphatic carbocycles. The first-order valence-electron chi connectivity index (χ1n) is 8.62. The number of hydrogen-bond donors (Lipinski definition) is 1. The second-order valence-electron chi connectivity index (χ2n) is 6.35. The fourth-order valence-electron chi connectivity index (χ4n) is 2.86. The van der Waals surface area contributed by atoms with Crippen LogP contribution in [0, 0.1) is 13.8 Å². The van der Waals surface area contributed by atoms with Gasteiger partial charge in [0.15, 0.2) is 5.76 Å². The van der Waals surface area contributed by atoms with Crippen LogP contribution in [0.1, 0.15) is 33.3 Å². The predicted octanol–water partition coefficient (Wildman–Crippen LogP) is 4.57. The molecule has 1 amide bonds. The normalized spacial score (nSPS) is 11.0. The van der Waals surface area contributed by atoms with Gasteiger partial charge in [-0.1, -0.05) is 16.8 Å². The Kier molecular flexibility index (Phi) is 4.75. The van der Waals surface area contributed by atoms with Crippen LogP contribution in [-0.4, -0.2) is 20.8 Å². The molecule has 28 heavy (non-hydrogen) atoms. The standard InChI is InChI=1S/C20H17ClN4O3/c1-12-18(13(2)28-24-12)9-17-7-8-19(27-17)20(26)23-15-3-5-16(6-4-15)25-11-14(21)10-22-25/h3-8,10-11H,9H2,1-2H3,(H,23,26). The summed E-state index contributed by atoms with van der Waals surface area (Å²) in [4.78, 5) is 12.5. The Morgan fingerprint density at radius 2 is 1.96 bits per heavy atom. The monoisotopic (exact) mass is 396 g/mol. The maximum absolute atomic E-state index is 12.5. The maximum atomic E-state index is 12.5.